The van der Waals surface area contributed by atoms with E-state index in [1.807, 2.05) is 11.9 Å². The minimum atomic E-state index is 0.270. The van der Waals surface area contributed by atoms with E-state index in [1.54, 1.807) is 0 Å². The quantitative estimate of drug-likeness (QED) is 0.852. The fourth-order valence-electron chi connectivity index (χ4n) is 3.68. The Morgan fingerprint density at radius 1 is 1.24 bits per heavy atom. The van der Waals surface area contributed by atoms with Gasteiger partial charge in [-0.25, -0.2) is 0 Å². The zero-order valence-corrected chi connectivity index (χ0v) is 13.2. The Hall–Kier alpha value is -1.51. The summed E-state index contributed by atoms with van der Waals surface area (Å²) in [5, 5.41) is 0. The first-order chi connectivity index (χ1) is 10.1. The van der Waals surface area contributed by atoms with Crippen LogP contribution in [0.1, 0.15) is 38.2 Å². The summed E-state index contributed by atoms with van der Waals surface area (Å²) in [4.78, 5) is 16.8. The third-order valence-corrected chi connectivity index (χ3v) is 5.24. The zero-order chi connectivity index (χ0) is 14.8. The van der Waals surface area contributed by atoms with Crippen LogP contribution in [0.25, 0.3) is 0 Å². The van der Waals surface area contributed by atoms with Gasteiger partial charge in [-0.2, -0.15) is 0 Å². The van der Waals surface area contributed by atoms with E-state index < -0.39 is 0 Å². The highest BCUT2D eigenvalue weighted by Gasteiger charge is 2.27. The van der Waals surface area contributed by atoms with Crippen molar-refractivity contribution in [1.29, 1.82) is 0 Å². The molecule has 1 aromatic rings. The lowest BCUT2D eigenvalue weighted by molar-refractivity contribution is -0.131. The van der Waals surface area contributed by atoms with E-state index in [1.165, 1.54) is 36.9 Å². The highest BCUT2D eigenvalue weighted by Crippen LogP contribution is 2.29. The van der Waals surface area contributed by atoms with Crippen molar-refractivity contribution in [3.63, 3.8) is 0 Å². The van der Waals surface area contributed by atoms with E-state index in [0.29, 0.717) is 12.6 Å². The molecule has 1 fully saturated rings. The normalized spacial score (nSPS) is 24.8. The predicted octanol–water partition coefficient (Wildman–Crippen LogP) is 3.09. The molecule has 114 valence electrons. The third-order valence-electron chi connectivity index (χ3n) is 5.24. The van der Waals surface area contributed by atoms with Crippen LogP contribution in [0.3, 0.4) is 0 Å². The van der Waals surface area contributed by atoms with Gasteiger partial charge in [0.05, 0.1) is 6.54 Å². The Bertz CT molecular complexity index is 506. The molecule has 2 aliphatic rings. The van der Waals surface area contributed by atoms with E-state index in [9.17, 15) is 4.79 Å². The summed E-state index contributed by atoms with van der Waals surface area (Å²) in [5.41, 5.74) is 2.62. The molecule has 3 heteroatoms. The highest BCUT2D eigenvalue weighted by atomic mass is 16.2. The maximum absolute atomic E-state index is 12.6. The largest absolute Gasteiger partial charge is 0.362 e. The number of carbonyl (C=O) groups is 1. The molecule has 3 nitrogen and oxygen atoms in total. The molecule has 0 saturated heterocycles. The van der Waals surface area contributed by atoms with Gasteiger partial charge in [0, 0.05) is 25.3 Å². The Labute approximate surface area is 127 Å². The van der Waals surface area contributed by atoms with Crippen LogP contribution >= 0.6 is 0 Å². The third kappa shape index (κ3) is 3.07. The number of nitrogens with zero attached hydrogens (tertiary/aromatic N) is 2. The number of para-hydroxylation sites is 1. The number of likely N-dealkylation sites (N-methyl/N-ethyl adjacent to an activating group) is 1. The minimum Gasteiger partial charge on any atom is -0.362 e. The fraction of sp³-hybridized carbons (Fsp3) is 0.611. The van der Waals surface area contributed by atoms with Crippen molar-refractivity contribution in [2.75, 3.05) is 25.0 Å². The zero-order valence-electron chi connectivity index (χ0n) is 13.2. The van der Waals surface area contributed by atoms with Crippen LogP contribution in [0.15, 0.2) is 24.3 Å². The van der Waals surface area contributed by atoms with Crippen LogP contribution in [-0.2, 0) is 11.2 Å². The number of rotatable bonds is 3. The first-order valence-electron chi connectivity index (χ1n) is 8.23. The molecule has 0 bridgehead atoms. The van der Waals surface area contributed by atoms with Crippen LogP contribution in [0.2, 0.25) is 0 Å². The van der Waals surface area contributed by atoms with Crippen molar-refractivity contribution in [2.45, 2.75) is 45.1 Å². The van der Waals surface area contributed by atoms with Crippen molar-refractivity contribution in [2.24, 2.45) is 5.92 Å². The molecule has 1 heterocycles. The lowest BCUT2D eigenvalue weighted by Gasteiger charge is -2.34. The second-order valence-electron chi connectivity index (χ2n) is 6.72. The number of anilines is 1. The molecule has 0 atom stereocenters. The van der Waals surface area contributed by atoms with Crippen molar-refractivity contribution in [1.82, 2.24) is 4.90 Å². The fourth-order valence-corrected chi connectivity index (χ4v) is 3.68. The molecule has 1 saturated carbocycles. The molecule has 1 aromatic carbocycles. The van der Waals surface area contributed by atoms with Gasteiger partial charge in [0.15, 0.2) is 0 Å². The summed E-state index contributed by atoms with van der Waals surface area (Å²) in [7, 11) is 1.99. The van der Waals surface area contributed by atoms with Gasteiger partial charge >= 0.3 is 0 Å². The number of carbonyl (C=O) groups excluding carboxylic acids is 1. The molecule has 1 amide bonds. The number of benzene rings is 1. The Morgan fingerprint density at radius 3 is 2.71 bits per heavy atom. The van der Waals surface area contributed by atoms with Gasteiger partial charge in [0.1, 0.15) is 0 Å². The standard InChI is InChI=1S/C18H26N2O/c1-14-7-9-16(10-8-14)19(2)18(21)13-20-12-11-15-5-3-4-6-17(15)20/h3-6,14,16H,7-13H2,1-2H3. The topological polar surface area (TPSA) is 23.6 Å². The van der Waals surface area contributed by atoms with Gasteiger partial charge in [-0.05, 0) is 49.7 Å². The Morgan fingerprint density at radius 2 is 1.95 bits per heavy atom. The van der Waals surface area contributed by atoms with Crippen molar-refractivity contribution in [3.05, 3.63) is 29.8 Å². The van der Waals surface area contributed by atoms with E-state index in [4.69, 9.17) is 0 Å². The monoisotopic (exact) mass is 286 g/mol. The smallest absolute Gasteiger partial charge is 0.242 e. The van der Waals surface area contributed by atoms with Crippen LogP contribution in [-0.4, -0.2) is 37.0 Å². The molecular formula is C18H26N2O. The number of fused-ring (bicyclic) bond motifs is 1. The lowest BCUT2D eigenvalue weighted by Crippen LogP contribution is -2.44. The van der Waals surface area contributed by atoms with Crippen LogP contribution in [0.5, 0.6) is 0 Å². The molecule has 0 unspecified atom stereocenters. The first-order valence-corrected chi connectivity index (χ1v) is 8.23. The molecule has 0 spiro atoms. The molecule has 3 rings (SSSR count). The predicted molar refractivity (Wildman–Crippen MR) is 86.5 cm³/mol. The number of amides is 1. The molecule has 0 aromatic heterocycles. The minimum absolute atomic E-state index is 0.270. The Balaban J connectivity index is 1.59. The van der Waals surface area contributed by atoms with Crippen LogP contribution in [0.4, 0.5) is 5.69 Å². The van der Waals surface area contributed by atoms with Gasteiger partial charge in [-0.15, -0.1) is 0 Å². The van der Waals surface area contributed by atoms with E-state index in [0.717, 1.165) is 18.9 Å². The summed E-state index contributed by atoms with van der Waals surface area (Å²) in [6, 6.07) is 8.91. The summed E-state index contributed by atoms with van der Waals surface area (Å²) >= 11 is 0. The Kier molecular flexibility index (Phi) is 4.18. The average Bonchev–Trinajstić information content (AvgIpc) is 2.91. The van der Waals surface area contributed by atoms with Crippen molar-refractivity contribution < 1.29 is 4.79 Å². The second kappa shape index (κ2) is 6.08. The number of hydrogen-bond acceptors (Lipinski definition) is 2. The van der Waals surface area contributed by atoms with E-state index >= 15 is 0 Å². The molecule has 1 aliphatic heterocycles. The summed E-state index contributed by atoms with van der Waals surface area (Å²) < 4.78 is 0. The van der Waals surface area contributed by atoms with E-state index in [2.05, 4.69) is 36.1 Å². The summed E-state index contributed by atoms with van der Waals surface area (Å²) in [5.74, 6) is 1.10. The molecule has 1 aliphatic carbocycles. The average molecular weight is 286 g/mol. The van der Waals surface area contributed by atoms with Crippen LogP contribution in [0, 0.1) is 5.92 Å². The SMILES string of the molecule is CC1CCC(N(C)C(=O)CN2CCc3ccccc32)CC1. The molecule has 0 radical (unpaired) electrons. The highest BCUT2D eigenvalue weighted by molar-refractivity contribution is 5.82. The lowest BCUT2D eigenvalue weighted by atomic mass is 9.87. The van der Waals surface area contributed by atoms with Crippen molar-refractivity contribution in [3.8, 4) is 0 Å². The summed E-state index contributed by atoms with van der Waals surface area (Å²) in [6.07, 6.45) is 5.91. The molecule has 0 N–H and O–H groups in total. The maximum Gasteiger partial charge on any atom is 0.242 e. The van der Waals surface area contributed by atoms with E-state index in [-0.39, 0.29) is 5.91 Å². The van der Waals surface area contributed by atoms with Gasteiger partial charge in [-0.3, -0.25) is 4.79 Å². The summed E-state index contributed by atoms with van der Waals surface area (Å²) in [6.45, 7) is 3.82. The number of hydrogen-bond donors (Lipinski definition) is 0. The van der Waals surface area contributed by atoms with Gasteiger partial charge in [0.2, 0.25) is 5.91 Å². The molecule has 21 heavy (non-hydrogen) atoms. The first kappa shape index (κ1) is 14.4. The van der Waals surface area contributed by atoms with Crippen molar-refractivity contribution >= 4 is 11.6 Å². The maximum atomic E-state index is 12.6. The molecular weight excluding hydrogens is 260 g/mol. The van der Waals surface area contributed by atoms with Gasteiger partial charge in [0.25, 0.3) is 0 Å². The van der Waals surface area contributed by atoms with Gasteiger partial charge in [-0.1, -0.05) is 25.1 Å². The second-order valence-corrected chi connectivity index (χ2v) is 6.72. The van der Waals surface area contributed by atoms with Crippen LogP contribution < -0.4 is 4.90 Å². The van der Waals surface area contributed by atoms with Gasteiger partial charge < -0.3 is 9.80 Å².